The number of nitrogens with two attached hydrogens (primary N) is 1. The van der Waals surface area contributed by atoms with Crippen molar-refractivity contribution < 1.29 is 9.59 Å². The van der Waals surface area contributed by atoms with Crippen LogP contribution in [0.4, 0.5) is 0 Å². The number of likely N-dealkylation sites (N-methyl/N-ethyl adjacent to an activating group) is 1. The number of rotatable bonds is 5. The van der Waals surface area contributed by atoms with E-state index in [9.17, 15) is 9.59 Å². The summed E-state index contributed by atoms with van der Waals surface area (Å²) in [5.41, 5.74) is 5.79. The highest BCUT2D eigenvalue weighted by molar-refractivity contribution is 5.77. The molecule has 1 aliphatic heterocycles. The summed E-state index contributed by atoms with van der Waals surface area (Å²) in [6.07, 6.45) is 1.66. The van der Waals surface area contributed by atoms with Gasteiger partial charge in [0.1, 0.15) is 12.2 Å². The molecule has 9 heteroatoms. The quantitative estimate of drug-likeness (QED) is 0.628. The summed E-state index contributed by atoms with van der Waals surface area (Å²) in [6.45, 7) is 3.63. The number of hydrogen-bond donors (Lipinski definition) is 2. The van der Waals surface area contributed by atoms with Gasteiger partial charge in [-0.2, -0.15) is 0 Å². The van der Waals surface area contributed by atoms with Gasteiger partial charge in [0.05, 0.1) is 19.3 Å². The van der Waals surface area contributed by atoms with Crippen LogP contribution < -0.4 is 11.1 Å². The lowest BCUT2D eigenvalue weighted by atomic mass is 10.3. The number of amides is 2. The third kappa shape index (κ3) is 4.50. The lowest BCUT2D eigenvalue weighted by Crippen LogP contribution is -2.48. The molecule has 3 N–H and O–H groups in total. The number of nitrogens with one attached hydrogen (secondary N) is 1. The van der Waals surface area contributed by atoms with E-state index in [1.165, 1.54) is 4.68 Å². The molecule has 0 saturated carbocycles. The monoisotopic (exact) mass is 295 g/mol. The number of hydrogen-bond acceptors (Lipinski definition) is 6. The average molecular weight is 295 g/mol. The van der Waals surface area contributed by atoms with Gasteiger partial charge < -0.3 is 20.9 Å². The Morgan fingerprint density at radius 2 is 2.05 bits per heavy atom. The van der Waals surface area contributed by atoms with E-state index in [0.29, 0.717) is 5.69 Å². The van der Waals surface area contributed by atoms with Crippen molar-refractivity contribution in [2.24, 2.45) is 5.73 Å². The molecular formula is C12H21N7O2. The molecule has 1 fully saturated rings. The van der Waals surface area contributed by atoms with Crippen molar-refractivity contribution in [3.05, 3.63) is 11.9 Å². The molecule has 1 saturated heterocycles. The summed E-state index contributed by atoms with van der Waals surface area (Å²) >= 11 is 0. The topological polar surface area (TPSA) is 109 Å². The second kappa shape index (κ2) is 7.14. The van der Waals surface area contributed by atoms with Gasteiger partial charge in [0.15, 0.2) is 0 Å². The van der Waals surface area contributed by atoms with Crippen molar-refractivity contribution in [3.8, 4) is 0 Å². The Morgan fingerprint density at radius 1 is 1.33 bits per heavy atom. The zero-order valence-electron chi connectivity index (χ0n) is 12.2. The number of carbonyl (C=O) groups excluding carboxylic acids is 2. The van der Waals surface area contributed by atoms with Gasteiger partial charge in [0, 0.05) is 26.2 Å². The zero-order chi connectivity index (χ0) is 15.2. The molecule has 2 amide bonds. The summed E-state index contributed by atoms with van der Waals surface area (Å²) in [6, 6.07) is 0. The van der Waals surface area contributed by atoms with Gasteiger partial charge in [0.25, 0.3) is 0 Å². The van der Waals surface area contributed by atoms with Crippen LogP contribution in [-0.4, -0.2) is 76.4 Å². The zero-order valence-corrected chi connectivity index (χ0v) is 12.2. The molecule has 0 bridgehead atoms. The van der Waals surface area contributed by atoms with Crippen LogP contribution >= 0.6 is 0 Å². The Bertz CT molecular complexity index is 494. The summed E-state index contributed by atoms with van der Waals surface area (Å²) in [7, 11) is 2.04. The largest absolute Gasteiger partial charge is 0.349 e. The van der Waals surface area contributed by atoms with Crippen LogP contribution in [0.1, 0.15) is 5.69 Å². The van der Waals surface area contributed by atoms with Crippen molar-refractivity contribution in [1.82, 2.24) is 30.1 Å². The number of aromatic nitrogens is 3. The maximum atomic E-state index is 12.1. The third-order valence-corrected chi connectivity index (χ3v) is 3.39. The molecule has 0 unspecified atom stereocenters. The minimum atomic E-state index is -0.252. The van der Waals surface area contributed by atoms with E-state index in [4.69, 9.17) is 5.73 Å². The molecular weight excluding hydrogens is 274 g/mol. The van der Waals surface area contributed by atoms with E-state index >= 15 is 0 Å². The van der Waals surface area contributed by atoms with Crippen molar-refractivity contribution in [2.45, 2.75) is 13.1 Å². The first-order valence-electron chi connectivity index (χ1n) is 6.90. The van der Waals surface area contributed by atoms with Crippen molar-refractivity contribution in [1.29, 1.82) is 0 Å². The molecule has 0 spiro atoms. The van der Waals surface area contributed by atoms with Gasteiger partial charge in [-0.3, -0.25) is 9.59 Å². The molecule has 0 radical (unpaired) electrons. The maximum Gasteiger partial charge on any atom is 0.244 e. The second-order valence-corrected chi connectivity index (χ2v) is 5.07. The van der Waals surface area contributed by atoms with E-state index in [2.05, 4.69) is 20.5 Å². The molecule has 0 aromatic carbocycles. The summed E-state index contributed by atoms with van der Waals surface area (Å²) in [5.74, 6) is -0.219. The molecule has 0 atom stereocenters. The van der Waals surface area contributed by atoms with E-state index in [1.807, 2.05) is 11.9 Å². The summed E-state index contributed by atoms with van der Waals surface area (Å²) in [5, 5.41) is 10.4. The highest BCUT2D eigenvalue weighted by Crippen LogP contribution is 2.01. The third-order valence-electron chi connectivity index (χ3n) is 3.39. The number of piperazine rings is 1. The van der Waals surface area contributed by atoms with Gasteiger partial charge in [0.2, 0.25) is 11.8 Å². The van der Waals surface area contributed by atoms with Crippen LogP contribution in [0, 0.1) is 0 Å². The summed E-state index contributed by atoms with van der Waals surface area (Å²) in [4.78, 5) is 27.2. The Balaban J connectivity index is 1.81. The fourth-order valence-corrected chi connectivity index (χ4v) is 2.05. The molecule has 21 heavy (non-hydrogen) atoms. The van der Waals surface area contributed by atoms with E-state index in [1.54, 1.807) is 6.20 Å². The van der Waals surface area contributed by atoms with Crippen LogP contribution in [0.2, 0.25) is 0 Å². The van der Waals surface area contributed by atoms with Crippen LogP contribution in [0.3, 0.4) is 0 Å². The molecule has 116 valence electrons. The highest BCUT2D eigenvalue weighted by atomic mass is 16.2. The highest BCUT2D eigenvalue weighted by Gasteiger charge is 2.19. The van der Waals surface area contributed by atoms with Crippen molar-refractivity contribution >= 4 is 11.8 Å². The fourth-order valence-electron chi connectivity index (χ4n) is 2.05. The number of carbonyl (C=O) groups is 2. The molecule has 2 heterocycles. The Labute approximate surface area is 123 Å². The number of nitrogens with zero attached hydrogens (tertiary/aromatic N) is 5. The van der Waals surface area contributed by atoms with Crippen LogP contribution in [0.5, 0.6) is 0 Å². The predicted molar refractivity (Wildman–Crippen MR) is 75.0 cm³/mol. The predicted octanol–water partition coefficient (Wildman–Crippen LogP) is -2.37. The average Bonchev–Trinajstić information content (AvgIpc) is 2.93. The SMILES string of the molecule is CN1CCN(C(=O)Cn2cc(CNC(=O)CN)nn2)CC1. The molecule has 9 nitrogen and oxygen atoms in total. The van der Waals surface area contributed by atoms with Gasteiger partial charge in [-0.15, -0.1) is 5.10 Å². The first-order chi connectivity index (χ1) is 10.1. The van der Waals surface area contributed by atoms with Crippen LogP contribution in [0.15, 0.2) is 6.20 Å². The second-order valence-electron chi connectivity index (χ2n) is 5.07. The van der Waals surface area contributed by atoms with Crippen molar-refractivity contribution in [3.63, 3.8) is 0 Å². The Kier molecular flexibility index (Phi) is 5.23. The first kappa shape index (κ1) is 15.4. The van der Waals surface area contributed by atoms with Crippen LogP contribution in [0.25, 0.3) is 0 Å². The van der Waals surface area contributed by atoms with Crippen LogP contribution in [-0.2, 0) is 22.7 Å². The van der Waals surface area contributed by atoms with E-state index < -0.39 is 0 Å². The normalized spacial score (nSPS) is 16.0. The maximum absolute atomic E-state index is 12.1. The Morgan fingerprint density at radius 3 is 2.71 bits per heavy atom. The molecule has 0 aliphatic carbocycles. The van der Waals surface area contributed by atoms with Gasteiger partial charge in [-0.05, 0) is 7.05 Å². The summed E-state index contributed by atoms with van der Waals surface area (Å²) < 4.78 is 1.49. The minimum Gasteiger partial charge on any atom is -0.349 e. The lowest BCUT2D eigenvalue weighted by molar-refractivity contribution is -0.133. The van der Waals surface area contributed by atoms with Gasteiger partial charge in [-0.1, -0.05) is 5.21 Å². The smallest absolute Gasteiger partial charge is 0.244 e. The van der Waals surface area contributed by atoms with Crippen molar-refractivity contribution in [2.75, 3.05) is 39.8 Å². The minimum absolute atomic E-state index is 0.0329. The Hall–Kier alpha value is -2.00. The van der Waals surface area contributed by atoms with Gasteiger partial charge >= 0.3 is 0 Å². The molecule has 1 aliphatic rings. The fraction of sp³-hybridized carbons (Fsp3) is 0.667. The van der Waals surface area contributed by atoms with E-state index in [0.717, 1.165) is 26.2 Å². The standard InChI is InChI=1S/C12H21N7O2/c1-17-2-4-18(5-3-17)12(21)9-19-8-10(15-16-19)7-14-11(20)6-13/h8H,2-7,9,13H2,1H3,(H,14,20). The van der Waals surface area contributed by atoms with E-state index in [-0.39, 0.29) is 31.4 Å². The molecule has 2 rings (SSSR count). The lowest BCUT2D eigenvalue weighted by Gasteiger charge is -2.32. The van der Waals surface area contributed by atoms with Gasteiger partial charge in [-0.25, -0.2) is 4.68 Å². The molecule has 1 aromatic heterocycles. The molecule has 1 aromatic rings. The first-order valence-corrected chi connectivity index (χ1v) is 6.90.